The number of halogens is 1. The van der Waals surface area contributed by atoms with Crippen LogP contribution in [0.15, 0.2) is 97.1 Å². The number of aliphatic hydroxyl groups is 1. The molecule has 6 atom stereocenters. The van der Waals surface area contributed by atoms with Crippen molar-refractivity contribution < 1.29 is 47.8 Å². The maximum atomic E-state index is 13.7. The first-order chi connectivity index (χ1) is 33.2. The molecule has 15 nitrogen and oxygen atoms in total. The summed E-state index contributed by atoms with van der Waals surface area (Å²) < 4.78 is 53.9. The maximum Gasteiger partial charge on any atom is 0.163 e. The smallest absolute Gasteiger partial charge is 0.163 e. The van der Waals surface area contributed by atoms with Gasteiger partial charge in [-0.15, -0.1) is 0 Å². The van der Waals surface area contributed by atoms with Crippen LogP contribution >= 0.6 is 0 Å². The number of aromatic hydroxyl groups is 1. The molecule has 68 heavy (non-hydrogen) atoms. The van der Waals surface area contributed by atoms with E-state index in [0.29, 0.717) is 129 Å². The van der Waals surface area contributed by atoms with E-state index >= 15 is 0 Å². The molecule has 2 saturated carbocycles. The molecule has 1 aromatic heterocycles. The van der Waals surface area contributed by atoms with Crippen LogP contribution in [0.25, 0.3) is 10.9 Å². The first kappa shape index (κ1) is 48.7. The summed E-state index contributed by atoms with van der Waals surface area (Å²) >= 11 is 0. The third kappa shape index (κ3) is 11.9. The Morgan fingerprint density at radius 2 is 1.60 bits per heavy atom. The molecule has 8 rings (SSSR count). The number of rotatable bonds is 25. The van der Waals surface area contributed by atoms with E-state index in [2.05, 4.69) is 63.3 Å². The van der Waals surface area contributed by atoms with Gasteiger partial charge in [0, 0.05) is 29.9 Å². The largest absolute Gasteiger partial charge is 0.508 e. The highest BCUT2D eigenvalue weighted by atomic mass is 19.1. The fourth-order valence-corrected chi connectivity index (χ4v) is 10.5. The lowest BCUT2D eigenvalue weighted by atomic mass is 9.51. The third-order valence-electron chi connectivity index (χ3n) is 13.8. The van der Waals surface area contributed by atoms with Gasteiger partial charge in [0.25, 0.3) is 0 Å². The number of hydrazine groups is 1. The number of nitrogens with zero attached hydrogens (tertiary/aromatic N) is 2. The summed E-state index contributed by atoms with van der Waals surface area (Å²) in [6.07, 6.45) is 7.94. The van der Waals surface area contributed by atoms with Gasteiger partial charge in [-0.2, -0.15) is 0 Å². The molecule has 0 amide bonds. The van der Waals surface area contributed by atoms with E-state index in [1.807, 2.05) is 12.1 Å². The normalized spacial score (nSPS) is 22.0. The fraction of sp³-hybridized carbons (Fsp3) is 0.462. The zero-order valence-corrected chi connectivity index (χ0v) is 39.0. The Hall–Kier alpha value is -5.75. The second kappa shape index (κ2) is 23.5. The average Bonchev–Trinajstić information content (AvgIpc) is 3.65. The number of ether oxygens (including phenoxy) is 7. The molecular weight excluding hydrogens is 872 g/mol. The summed E-state index contributed by atoms with van der Waals surface area (Å²) in [6, 6.07) is 24.1. The quantitative estimate of drug-likeness (QED) is 0.0195. The van der Waals surface area contributed by atoms with E-state index in [4.69, 9.17) is 39.0 Å². The van der Waals surface area contributed by atoms with Crippen LogP contribution in [-0.2, 0) is 25.4 Å². The molecule has 16 heteroatoms. The predicted octanol–water partition coefficient (Wildman–Crippen LogP) is 7.26. The Kier molecular flexibility index (Phi) is 16.8. The van der Waals surface area contributed by atoms with Gasteiger partial charge in [-0.3, -0.25) is 5.84 Å². The van der Waals surface area contributed by atoms with Crippen molar-refractivity contribution >= 4 is 22.4 Å². The number of anilines is 2. The zero-order chi connectivity index (χ0) is 47.3. The lowest BCUT2D eigenvalue weighted by Crippen LogP contribution is -2.47. The number of benzene rings is 4. The Morgan fingerprint density at radius 1 is 0.838 bits per heavy atom. The van der Waals surface area contributed by atoms with E-state index in [1.54, 1.807) is 37.6 Å². The SMILES string of the molecule is COc1cc2c(Nc3cccc(F)c3)ncnc2cc1OCCOCCOCCOCCOC/C(=C/NCCOc1ccc([C@H]2C[C@@]3(C)C(CC[C@@H]3O)C3CCc4cc(O)ccc4C32)cc1)NN. The molecule has 1 heterocycles. The molecule has 2 fully saturated rings. The van der Waals surface area contributed by atoms with Gasteiger partial charge >= 0.3 is 0 Å². The van der Waals surface area contributed by atoms with Crippen molar-refractivity contribution in [3.8, 4) is 23.0 Å². The number of fused-ring (bicyclic) bond motifs is 6. The number of hydrogen-bond donors (Lipinski definition) is 6. The minimum absolute atomic E-state index is 0.0886. The van der Waals surface area contributed by atoms with Crippen LogP contribution in [-0.4, -0.2) is 106 Å². The van der Waals surface area contributed by atoms with Crippen LogP contribution < -0.4 is 36.1 Å². The van der Waals surface area contributed by atoms with Crippen molar-refractivity contribution in [2.45, 2.75) is 57.0 Å². The van der Waals surface area contributed by atoms with E-state index < -0.39 is 0 Å². The van der Waals surface area contributed by atoms with Crippen molar-refractivity contribution in [3.63, 3.8) is 0 Å². The molecule has 3 unspecified atom stereocenters. The van der Waals surface area contributed by atoms with Crippen LogP contribution in [0.5, 0.6) is 23.0 Å². The number of aliphatic hydroxyl groups excluding tert-OH is 1. The number of phenols is 1. The van der Waals surface area contributed by atoms with Crippen LogP contribution in [0.1, 0.15) is 61.1 Å². The first-order valence-corrected chi connectivity index (χ1v) is 23.6. The van der Waals surface area contributed by atoms with Crippen LogP contribution in [0, 0.1) is 23.1 Å². The highest BCUT2D eigenvalue weighted by Gasteiger charge is 2.57. The summed E-state index contributed by atoms with van der Waals surface area (Å²) in [5.41, 5.74) is 8.39. The van der Waals surface area contributed by atoms with Gasteiger partial charge in [0.05, 0.1) is 77.3 Å². The molecule has 0 spiro atoms. The molecule has 364 valence electrons. The number of methoxy groups -OCH3 is 1. The summed E-state index contributed by atoms with van der Waals surface area (Å²) in [6.45, 7) is 6.73. The van der Waals surface area contributed by atoms with E-state index in [1.165, 1.54) is 35.2 Å². The summed E-state index contributed by atoms with van der Waals surface area (Å²) in [4.78, 5) is 8.69. The second-order valence-electron chi connectivity index (χ2n) is 17.9. The number of phenolic OH excluding ortho intramolecular Hbond substituents is 1. The molecule has 0 saturated heterocycles. The van der Waals surface area contributed by atoms with Gasteiger partial charge in [0.2, 0.25) is 0 Å². The summed E-state index contributed by atoms with van der Waals surface area (Å²) in [5, 5.41) is 28.5. The Morgan fingerprint density at radius 3 is 2.35 bits per heavy atom. The number of nitrogens with two attached hydrogens (primary N) is 1. The zero-order valence-electron chi connectivity index (χ0n) is 39.0. The van der Waals surface area contributed by atoms with Crippen LogP contribution in [0.3, 0.4) is 0 Å². The fourth-order valence-electron chi connectivity index (χ4n) is 10.5. The van der Waals surface area contributed by atoms with Gasteiger partial charge in [0.1, 0.15) is 42.7 Å². The topological polar surface area (TPSA) is 193 Å². The van der Waals surface area contributed by atoms with Gasteiger partial charge in [-0.1, -0.05) is 31.2 Å². The lowest BCUT2D eigenvalue weighted by molar-refractivity contribution is -0.0323. The van der Waals surface area contributed by atoms with E-state index in [9.17, 15) is 14.6 Å². The number of hydrogen-bond acceptors (Lipinski definition) is 15. The molecule has 4 aromatic carbocycles. The number of aryl methyl sites for hydroxylation is 1. The minimum Gasteiger partial charge on any atom is -0.508 e. The average molecular weight is 937 g/mol. The van der Waals surface area contributed by atoms with E-state index in [-0.39, 0.29) is 29.9 Å². The molecule has 3 aliphatic carbocycles. The Balaban J connectivity index is 0.663. The number of aromatic nitrogens is 2. The maximum absolute atomic E-state index is 13.7. The third-order valence-corrected chi connectivity index (χ3v) is 13.8. The van der Waals surface area contributed by atoms with Gasteiger partial charge in [-0.25, -0.2) is 14.4 Å². The van der Waals surface area contributed by atoms with Crippen molar-refractivity contribution in [1.82, 2.24) is 20.7 Å². The van der Waals surface area contributed by atoms with Crippen molar-refractivity contribution in [3.05, 3.63) is 120 Å². The summed E-state index contributed by atoms with van der Waals surface area (Å²) in [7, 11) is 1.56. The molecular formula is C52H65FN6O9. The van der Waals surface area contributed by atoms with Gasteiger partial charge in [0.15, 0.2) is 11.5 Å². The van der Waals surface area contributed by atoms with Crippen molar-refractivity contribution in [1.29, 1.82) is 0 Å². The molecule has 7 N–H and O–H groups in total. The summed E-state index contributed by atoms with van der Waals surface area (Å²) in [5.74, 6) is 9.74. The molecule has 3 aliphatic rings. The Labute approximate surface area is 397 Å². The molecule has 5 aromatic rings. The van der Waals surface area contributed by atoms with Gasteiger partial charge in [-0.05, 0) is 126 Å². The van der Waals surface area contributed by atoms with Crippen molar-refractivity contribution in [2.24, 2.45) is 23.1 Å². The van der Waals surface area contributed by atoms with Crippen molar-refractivity contribution in [2.75, 3.05) is 85.0 Å². The molecule has 0 radical (unpaired) electrons. The first-order valence-electron chi connectivity index (χ1n) is 23.6. The number of nitrogens with one attached hydrogen (secondary N) is 3. The van der Waals surface area contributed by atoms with Gasteiger partial charge < -0.3 is 59.4 Å². The predicted molar refractivity (Wildman–Crippen MR) is 257 cm³/mol. The lowest BCUT2D eigenvalue weighted by Gasteiger charge is -2.54. The highest BCUT2D eigenvalue weighted by Crippen LogP contribution is 2.65. The monoisotopic (exact) mass is 936 g/mol. The standard InChI is InChI=1S/C52H65FN6O9/c1-52-30-44(50-41-13-9-39(60)26-35(41)8-12-42(50)45(52)14-15-49(52)61)34-6-10-40(11-7-34)67-17-16-55-31-38(59-54)32-66-23-22-64-19-18-63-20-21-65-24-25-68-48-29-46-43(28-47(48)62-2)51(57-33-56-46)58-37-5-3-4-36(53)27-37/h3-7,9-11,13,26-29,31,33,42,44-45,49-50,55,59-61H,8,12,14-25,30,32,54H2,1-2H3,(H,56,57,58)/b38-31-/t42?,44-,45?,49+,50?,52+/m1/s1. The minimum atomic E-state index is -0.349. The second-order valence-corrected chi connectivity index (χ2v) is 17.9. The molecule has 0 bridgehead atoms. The Bertz CT molecular complexity index is 2450. The van der Waals surface area contributed by atoms with Crippen LogP contribution in [0.2, 0.25) is 0 Å². The molecule has 0 aliphatic heterocycles. The van der Waals surface area contributed by atoms with E-state index in [0.717, 1.165) is 37.9 Å². The van der Waals surface area contributed by atoms with Crippen LogP contribution in [0.4, 0.5) is 15.9 Å². The highest BCUT2D eigenvalue weighted by molar-refractivity contribution is 5.93.